The number of amides is 2. The molecule has 7 nitrogen and oxygen atoms in total. The largest absolute Gasteiger partial charge is 0.354 e. The molecule has 37 heavy (non-hydrogen) atoms. The van der Waals surface area contributed by atoms with Gasteiger partial charge in [-0.05, 0) is 49.6 Å². The fourth-order valence-corrected chi connectivity index (χ4v) is 5.72. The Kier molecular flexibility index (Phi) is 12.3. The smallest absolute Gasteiger partial charge is 0.242 e. The summed E-state index contributed by atoms with van der Waals surface area (Å²) in [5.41, 5.74) is 0.763. The number of hydrogen-bond donors (Lipinski definition) is 1. The molecule has 1 atom stereocenters. The lowest BCUT2D eigenvalue weighted by atomic mass is 10.1. The van der Waals surface area contributed by atoms with E-state index in [0.29, 0.717) is 33.6 Å². The number of sulfonamides is 1. The van der Waals surface area contributed by atoms with Crippen LogP contribution < -0.4 is 9.62 Å². The summed E-state index contributed by atoms with van der Waals surface area (Å²) >= 11 is 25.0. The SMILES string of the molecule is CCCNC(=O)C(CC)N(Cc1c(Cl)cccc1Cl)C(=O)CCCN(c1cc(Cl)ccc1Cl)S(C)(=O)=O. The number of halogens is 4. The third-order valence-electron chi connectivity index (χ3n) is 5.65. The van der Waals surface area contributed by atoms with Crippen LogP contribution in [-0.2, 0) is 26.2 Å². The molecule has 0 aromatic heterocycles. The van der Waals surface area contributed by atoms with Crippen LogP contribution in [0.5, 0.6) is 0 Å². The highest BCUT2D eigenvalue weighted by molar-refractivity contribution is 7.92. The molecule has 0 aliphatic heterocycles. The van der Waals surface area contributed by atoms with Crippen LogP contribution in [0, 0.1) is 0 Å². The molecule has 2 aromatic carbocycles. The zero-order chi connectivity index (χ0) is 27.8. The van der Waals surface area contributed by atoms with E-state index in [-0.39, 0.29) is 48.5 Å². The van der Waals surface area contributed by atoms with E-state index in [0.717, 1.165) is 17.0 Å². The van der Waals surface area contributed by atoms with Crippen molar-refractivity contribution in [1.29, 1.82) is 0 Å². The second-order valence-corrected chi connectivity index (χ2v) is 12.0. The molecular formula is C25H31Cl4N3O4S. The molecule has 2 aromatic rings. The molecule has 0 aliphatic carbocycles. The maximum atomic E-state index is 13.5. The van der Waals surface area contributed by atoms with Gasteiger partial charge in [0.15, 0.2) is 0 Å². The van der Waals surface area contributed by atoms with Gasteiger partial charge in [-0.1, -0.05) is 66.3 Å². The number of rotatable bonds is 13. The van der Waals surface area contributed by atoms with Crippen LogP contribution in [0.4, 0.5) is 5.69 Å². The molecule has 1 N–H and O–H groups in total. The van der Waals surface area contributed by atoms with Gasteiger partial charge in [0.25, 0.3) is 0 Å². The molecule has 2 amide bonds. The number of nitrogens with one attached hydrogen (secondary N) is 1. The van der Waals surface area contributed by atoms with Gasteiger partial charge in [-0.2, -0.15) is 0 Å². The summed E-state index contributed by atoms with van der Waals surface area (Å²) in [6.07, 6.45) is 2.33. The lowest BCUT2D eigenvalue weighted by Crippen LogP contribution is -2.49. The fourth-order valence-electron chi connectivity index (χ4n) is 3.80. The summed E-state index contributed by atoms with van der Waals surface area (Å²) in [6, 6.07) is 8.82. The van der Waals surface area contributed by atoms with Crippen LogP contribution in [0.2, 0.25) is 20.1 Å². The minimum absolute atomic E-state index is 0.00977. The molecule has 12 heteroatoms. The van der Waals surface area contributed by atoms with Crippen LogP contribution in [-0.4, -0.2) is 50.5 Å². The van der Waals surface area contributed by atoms with Crippen molar-refractivity contribution in [1.82, 2.24) is 10.2 Å². The average Bonchev–Trinajstić information content (AvgIpc) is 2.83. The first-order chi connectivity index (χ1) is 17.4. The van der Waals surface area contributed by atoms with Gasteiger partial charge in [0, 0.05) is 46.7 Å². The van der Waals surface area contributed by atoms with Gasteiger partial charge in [0.1, 0.15) is 6.04 Å². The quantitative estimate of drug-likeness (QED) is 0.293. The van der Waals surface area contributed by atoms with Crippen LogP contribution >= 0.6 is 46.4 Å². The summed E-state index contributed by atoms with van der Waals surface area (Å²) in [6.45, 7) is 4.26. The van der Waals surface area contributed by atoms with Gasteiger partial charge >= 0.3 is 0 Å². The summed E-state index contributed by atoms with van der Waals surface area (Å²) in [7, 11) is -3.71. The molecule has 1 unspecified atom stereocenters. The molecule has 0 fully saturated rings. The standard InChI is InChI=1S/C25H31Cl4N3O4S/c1-4-13-30-25(34)22(5-2)31(16-18-19(27)8-6-9-20(18)28)24(33)10-7-14-32(37(3,35)36)23-15-17(26)11-12-21(23)29/h6,8-9,11-12,15,22H,4-5,7,10,13-14,16H2,1-3H3,(H,30,34). The summed E-state index contributed by atoms with van der Waals surface area (Å²) in [4.78, 5) is 27.9. The van der Waals surface area contributed by atoms with Gasteiger partial charge < -0.3 is 10.2 Å². The predicted octanol–water partition coefficient (Wildman–Crippen LogP) is 6.18. The van der Waals surface area contributed by atoms with E-state index in [9.17, 15) is 18.0 Å². The lowest BCUT2D eigenvalue weighted by Gasteiger charge is -2.31. The van der Waals surface area contributed by atoms with Gasteiger partial charge in [-0.25, -0.2) is 8.42 Å². The molecule has 0 heterocycles. The molecule has 0 saturated carbocycles. The van der Waals surface area contributed by atoms with E-state index in [1.54, 1.807) is 24.3 Å². The summed E-state index contributed by atoms with van der Waals surface area (Å²) < 4.78 is 26.1. The van der Waals surface area contributed by atoms with Gasteiger partial charge in [0.05, 0.1) is 17.0 Å². The van der Waals surface area contributed by atoms with E-state index in [1.165, 1.54) is 17.0 Å². The second kappa shape index (κ2) is 14.4. The molecule has 2 rings (SSSR count). The number of anilines is 1. The lowest BCUT2D eigenvalue weighted by molar-refractivity contribution is -0.141. The maximum absolute atomic E-state index is 13.5. The van der Waals surface area contributed by atoms with Crippen molar-refractivity contribution >= 4 is 73.9 Å². The number of benzene rings is 2. The molecule has 0 aliphatic rings. The van der Waals surface area contributed by atoms with Gasteiger partial charge in [-0.3, -0.25) is 13.9 Å². The van der Waals surface area contributed by atoms with E-state index in [2.05, 4.69) is 5.32 Å². The fraction of sp³-hybridized carbons (Fsp3) is 0.440. The van der Waals surface area contributed by atoms with Gasteiger partial charge in [0.2, 0.25) is 21.8 Å². The zero-order valence-electron chi connectivity index (χ0n) is 20.9. The van der Waals surface area contributed by atoms with E-state index in [1.807, 2.05) is 13.8 Å². The third-order valence-corrected chi connectivity index (χ3v) is 8.10. The van der Waals surface area contributed by atoms with Crippen molar-refractivity contribution in [2.45, 2.75) is 52.1 Å². The Morgan fingerprint density at radius 1 is 1.00 bits per heavy atom. The summed E-state index contributed by atoms with van der Waals surface area (Å²) in [5, 5.41) is 4.16. The van der Waals surface area contributed by atoms with Crippen molar-refractivity contribution in [3.05, 3.63) is 62.1 Å². The Bertz CT molecular complexity index is 1190. The zero-order valence-corrected chi connectivity index (χ0v) is 24.8. The van der Waals surface area contributed by atoms with E-state index >= 15 is 0 Å². The van der Waals surface area contributed by atoms with Crippen LogP contribution in [0.1, 0.15) is 45.1 Å². The van der Waals surface area contributed by atoms with Crippen LogP contribution in [0.3, 0.4) is 0 Å². The Balaban J connectivity index is 2.29. The first-order valence-electron chi connectivity index (χ1n) is 11.8. The number of nitrogens with zero attached hydrogens (tertiary/aromatic N) is 2. The Labute approximate surface area is 239 Å². The van der Waals surface area contributed by atoms with Crippen LogP contribution in [0.25, 0.3) is 0 Å². The van der Waals surface area contributed by atoms with E-state index in [4.69, 9.17) is 46.4 Å². The van der Waals surface area contributed by atoms with Crippen molar-refractivity contribution in [2.75, 3.05) is 23.7 Å². The van der Waals surface area contributed by atoms with Crippen molar-refractivity contribution in [3.8, 4) is 0 Å². The molecule has 0 radical (unpaired) electrons. The monoisotopic (exact) mass is 609 g/mol. The number of hydrogen-bond acceptors (Lipinski definition) is 4. The molecular weight excluding hydrogens is 580 g/mol. The minimum Gasteiger partial charge on any atom is -0.354 e. The minimum atomic E-state index is -3.71. The topological polar surface area (TPSA) is 86.8 Å². The third kappa shape index (κ3) is 8.93. The highest BCUT2D eigenvalue weighted by Crippen LogP contribution is 2.31. The van der Waals surface area contributed by atoms with Crippen molar-refractivity contribution in [3.63, 3.8) is 0 Å². The number of carbonyl (C=O) groups excluding carboxylic acids is 2. The molecule has 0 bridgehead atoms. The van der Waals surface area contributed by atoms with Crippen LogP contribution in [0.15, 0.2) is 36.4 Å². The van der Waals surface area contributed by atoms with Gasteiger partial charge in [-0.15, -0.1) is 0 Å². The first-order valence-corrected chi connectivity index (χ1v) is 15.2. The van der Waals surface area contributed by atoms with Crippen molar-refractivity contribution < 1.29 is 18.0 Å². The van der Waals surface area contributed by atoms with E-state index < -0.39 is 16.1 Å². The Morgan fingerprint density at radius 2 is 1.65 bits per heavy atom. The Morgan fingerprint density at radius 3 is 2.22 bits per heavy atom. The Hall–Kier alpha value is -1.71. The first kappa shape index (κ1) is 31.5. The molecule has 0 saturated heterocycles. The normalized spacial score (nSPS) is 12.2. The van der Waals surface area contributed by atoms with Crippen molar-refractivity contribution in [2.24, 2.45) is 0 Å². The highest BCUT2D eigenvalue weighted by Gasteiger charge is 2.30. The highest BCUT2D eigenvalue weighted by atomic mass is 35.5. The second-order valence-electron chi connectivity index (χ2n) is 8.47. The number of carbonyl (C=O) groups is 2. The molecule has 0 spiro atoms. The predicted molar refractivity (Wildman–Crippen MR) is 152 cm³/mol. The molecule has 204 valence electrons. The summed E-state index contributed by atoms with van der Waals surface area (Å²) in [5.74, 6) is -0.607. The maximum Gasteiger partial charge on any atom is 0.242 e. The average molecular weight is 611 g/mol.